The largest absolute Gasteiger partial charge is 0.457 e. The maximum atomic E-state index is 12.4. The van der Waals surface area contributed by atoms with Gasteiger partial charge in [0.05, 0.1) is 11.1 Å². The lowest BCUT2D eigenvalue weighted by molar-refractivity contribution is -0.142. The first-order valence-electron chi connectivity index (χ1n) is 10.3. The predicted molar refractivity (Wildman–Crippen MR) is 109 cm³/mol. The Bertz CT molecular complexity index is 991. The van der Waals surface area contributed by atoms with Crippen molar-refractivity contribution in [1.82, 2.24) is 4.90 Å². The molecule has 0 saturated carbocycles. The molecular weight excluding hydrogens is 382 g/mol. The Morgan fingerprint density at radius 1 is 0.900 bits per heavy atom. The molecule has 1 aliphatic heterocycles. The van der Waals surface area contributed by atoms with Crippen LogP contribution < -0.4 is 0 Å². The first kappa shape index (κ1) is 20.0. The molecule has 2 amide bonds. The maximum absolute atomic E-state index is 12.4. The molecule has 2 aliphatic rings. The van der Waals surface area contributed by atoms with Gasteiger partial charge in [-0.15, -0.1) is 0 Å². The van der Waals surface area contributed by atoms with E-state index in [2.05, 4.69) is 0 Å². The van der Waals surface area contributed by atoms with Crippen LogP contribution in [0.1, 0.15) is 67.9 Å². The topological polar surface area (TPSA) is 80.8 Å². The van der Waals surface area contributed by atoms with E-state index in [-0.39, 0.29) is 43.6 Å². The van der Waals surface area contributed by atoms with Crippen LogP contribution in [0.2, 0.25) is 0 Å². The van der Waals surface area contributed by atoms with E-state index in [0.717, 1.165) is 24.2 Å². The maximum Gasteiger partial charge on any atom is 0.306 e. The molecule has 0 unspecified atom stereocenters. The Hall–Kier alpha value is -3.28. The van der Waals surface area contributed by atoms with Crippen molar-refractivity contribution >= 4 is 23.6 Å². The van der Waals surface area contributed by atoms with Crippen molar-refractivity contribution in [3.63, 3.8) is 0 Å². The first-order valence-corrected chi connectivity index (χ1v) is 10.3. The first-order chi connectivity index (χ1) is 14.5. The number of hydrogen-bond donors (Lipinski definition) is 0. The van der Waals surface area contributed by atoms with Crippen LogP contribution in [0, 0.1) is 0 Å². The lowest BCUT2D eigenvalue weighted by Gasteiger charge is -2.16. The van der Waals surface area contributed by atoms with Crippen molar-refractivity contribution in [2.24, 2.45) is 0 Å². The molecule has 6 nitrogen and oxygen atoms in total. The van der Waals surface area contributed by atoms with Gasteiger partial charge >= 0.3 is 5.97 Å². The van der Waals surface area contributed by atoms with Crippen LogP contribution >= 0.6 is 0 Å². The zero-order valence-corrected chi connectivity index (χ0v) is 16.7. The van der Waals surface area contributed by atoms with E-state index < -0.39 is 5.97 Å². The summed E-state index contributed by atoms with van der Waals surface area (Å²) < 4.78 is 5.11. The number of fused-ring (bicyclic) bond motifs is 2. The van der Waals surface area contributed by atoms with Crippen molar-refractivity contribution in [3.8, 4) is 0 Å². The Labute approximate surface area is 174 Å². The number of imide groups is 1. The van der Waals surface area contributed by atoms with Crippen LogP contribution in [-0.2, 0) is 22.4 Å². The Morgan fingerprint density at radius 2 is 1.57 bits per heavy atom. The molecule has 0 bridgehead atoms. The van der Waals surface area contributed by atoms with Gasteiger partial charge in [0.15, 0.2) is 12.4 Å². The number of carbonyl (C=O) groups excluding carboxylic acids is 4. The summed E-state index contributed by atoms with van der Waals surface area (Å²) >= 11 is 0. The van der Waals surface area contributed by atoms with E-state index in [9.17, 15) is 19.2 Å². The predicted octanol–water partition coefficient (Wildman–Crippen LogP) is 3.37. The summed E-state index contributed by atoms with van der Waals surface area (Å²) in [6.07, 6.45) is 4.66. The van der Waals surface area contributed by atoms with Crippen LogP contribution in [0.25, 0.3) is 0 Å². The molecule has 0 N–H and O–H groups in total. The van der Waals surface area contributed by atoms with Crippen LogP contribution in [-0.4, -0.2) is 41.6 Å². The van der Waals surface area contributed by atoms with Gasteiger partial charge in [0.25, 0.3) is 11.8 Å². The summed E-state index contributed by atoms with van der Waals surface area (Å²) in [7, 11) is 0. The summed E-state index contributed by atoms with van der Waals surface area (Å²) in [5.41, 5.74) is 3.85. The number of ether oxygens (including phenoxy) is 1. The molecule has 4 rings (SSSR count). The van der Waals surface area contributed by atoms with Gasteiger partial charge in [-0.2, -0.15) is 0 Å². The van der Waals surface area contributed by atoms with Crippen molar-refractivity contribution in [2.75, 3.05) is 13.2 Å². The SMILES string of the molecule is O=C(CCCN1C(=O)c2ccccc2C1=O)OCC(=O)c1ccc2c(c1)CCCC2. The smallest absolute Gasteiger partial charge is 0.306 e. The number of rotatable bonds is 7. The highest BCUT2D eigenvalue weighted by atomic mass is 16.5. The number of aryl methyl sites for hydroxylation is 2. The summed E-state index contributed by atoms with van der Waals surface area (Å²) in [5, 5.41) is 0. The molecule has 0 saturated heterocycles. The highest BCUT2D eigenvalue weighted by Crippen LogP contribution is 2.23. The fourth-order valence-corrected chi connectivity index (χ4v) is 4.03. The van der Waals surface area contributed by atoms with Gasteiger partial charge in [0.2, 0.25) is 0 Å². The number of Topliss-reactive ketones (excluding diaryl/α,β-unsaturated/α-hetero) is 1. The quantitative estimate of drug-likeness (QED) is 0.401. The highest BCUT2D eigenvalue weighted by molar-refractivity contribution is 6.21. The molecule has 2 aromatic carbocycles. The molecular formula is C24H23NO5. The average Bonchev–Trinajstić information content (AvgIpc) is 3.02. The summed E-state index contributed by atoms with van der Waals surface area (Å²) in [4.78, 5) is 50.1. The zero-order chi connectivity index (χ0) is 21.1. The fraction of sp³-hybridized carbons (Fsp3) is 0.333. The van der Waals surface area contributed by atoms with Crippen molar-refractivity contribution < 1.29 is 23.9 Å². The van der Waals surface area contributed by atoms with Gasteiger partial charge in [0, 0.05) is 18.5 Å². The van der Waals surface area contributed by atoms with Gasteiger partial charge in [0.1, 0.15) is 0 Å². The molecule has 2 aromatic rings. The Morgan fingerprint density at radius 3 is 2.27 bits per heavy atom. The second-order valence-corrected chi connectivity index (χ2v) is 7.69. The molecule has 30 heavy (non-hydrogen) atoms. The second kappa shape index (κ2) is 8.61. The fourth-order valence-electron chi connectivity index (χ4n) is 4.03. The van der Waals surface area contributed by atoms with E-state index in [1.54, 1.807) is 30.3 Å². The molecule has 0 radical (unpaired) electrons. The van der Waals surface area contributed by atoms with Crippen LogP contribution in [0.4, 0.5) is 0 Å². The third-order valence-electron chi connectivity index (χ3n) is 5.68. The summed E-state index contributed by atoms with van der Waals surface area (Å²) in [5.74, 6) is -1.42. The van der Waals surface area contributed by atoms with Crippen molar-refractivity contribution in [2.45, 2.75) is 38.5 Å². The third kappa shape index (κ3) is 4.03. The molecule has 0 fully saturated rings. The number of benzene rings is 2. The van der Waals surface area contributed by atoms with E-state index in [1.807, 2.05) is 12.1 Å². The molecule has 1 heterocycles. The minimum absolute atomic E-state index is 0.0326. The molecule has 0 atom stereocenters. The number of hydrogen-bond acceptors (Lipinski definition) is 5. The Kier molecular flexibility index (Phi) is 5.74. The number of amides is 2. The molecule has 1 aliphatic carbocycles. The minimum atomic E-state index is -0.516. The van der Waals surface area contributed by atoms with Gasteiger partial charge in [-0.1, -0.05) is 24.3 Å². The molecule has 0 aromatic heterocycles. The van der Waals surface area contributed by atoms with E-state index in [1.165, 1.54) is 17.5 Å². The van der Waals surface area contributed by atoms with E-state index in [4.69, 9.17) is 4.74 Å². The molecule has 0 spiro atoms. The van der Waals surface area contributed by atoms with Crippen molar-refractivity contribution in [1.29, 1.82) is 0 Å². The number of ketones is 1. The standard InChI is InChI=1S/C24H23NO5/c26-21(18-12-11-16-6-1-2-7-17(16)14-18)15-30-22(27)10-5-13-25-23(28)19-8-3-4-9-20(19)24(25)29/h3-4,8-9,11-12,14H,1-2,5-7,10,13,15H2. The van der Waals surface area contributed by atoms with Crippen molar-refractivity contribution in [3.05, 3.63) is 70.3 Å². The normalized spacial score (nSPS) is 15.0. The van der Waals surface area contributed by atoms with Gasteiger partial charge < -0.3 is 4.74 Å². The van der Waals surface area contributed by atoms with Gasteiger partial charge in [-0.05, 0) is 61.4 Å². The summed E-state index contributed by atoms with van der Waals surface area (Å²) in [6, 6.07) is 12.4. The number of carbonyl (C=O) groups is 4. The molecule has 154 valence electrons. The summed E-state index contributed by atoms with van der Waals surface area (Å²) in [6.45, 7) is -0.162. The lowest BCUT2D eigenvalue weighted by Crippen LogP contribution is -2.31. The minimum Gasteiger partial charge on any atom is -0.457 e. The number of nitrogens with zero attached hydrogens (tertiary/aromatic N) is 1. The highest BCUT2D eigenvalue weighted by Gasteiger charge is 2.34. The zero-order valence-electron chi connectivity index (χ0n) is 16.7. The van der Waals surface area contributed by atoms with Gasteiger partial charge in [-0.3, -0.25) is 24.1 Å². The van der Waals surface area contributed by atoms with E-state index >= 15 is 0 Å². The van der Waals surface area contributed by atoms with E-state index in [0.29, 0.717) is 16.7 Å². The molecule has 6 heteroatoms. The average molecular weight is 405 g/mol. The van der Waals surface area contributed by atoms with Gasteiger partial charge in [-0.25, -0.2) is 0 Å². The van der Waals surface area contributed by atoms with Crippen LogP contribution in [0.15, 0.2) is 42.5 Å². The van der Waals surface area contributed by atoms with Crippen LogP contribution in [0.3, 0.4) is 0 Å². The van der Waals surface area contributed by atoms with Crippen LogP contribution in [0.5, 0.6) is 0 Å². The second-order valence-electron chi connectivity index (χ2n) is 7.69. The monoisotopic (exact) mass is 405 g/mol. The lowest BCUT2D eigenvalue weighted by atomic mass is 9.90. The number of esters is 1. The third-order valence-corrected chi connectivity index (χ3v) is 5.68. The Balaban J connectivity index is 1.23.